The van der Waals surface area contributed by atoms with Gasteiger partial charge in [0.25, 0.3) is 0 Å². The largest absolute Gasteiger partial charge is 0.145 e. The molecule has 0 saturated heterocycles. The Morgan fingerprint density at radius 1 is 0.857 bits per heavy atom. The molecule has 1 aliphatic rings. The molecule has 0 atom stereocenters. The molecule has 0 radical (unpaired) electrons. The number of nitroso groups, excluding NO2 is 1. The maximum atomic E-state index is 11.3. The fourth-order valence-electron chi connectivity index (χ4n) is 3.61. The lowest BCUT2D eigenvalue weighted by atomic mass is 9.82. The predicted octanol–water partition coefficient (Wildman–Crippen LogP) is 5.54. The quantitative estimate of drug-likeness (QED) is 0.535. The molecule has 3 aromatic carbocycles. The minimum atomic E-state index is -0.102. The lowest BCUT2D eigenvalue weighted by molar-refractivity contribution is 0.661. The fourth-order valence-corrected chi connectivity index (χ4v) is 3.61. The Morgan fingerprint density at radius 3 is 2.29 bits per heavy atom. The molecule has 3 aromatic rings. The standard InChI is InChI=1S/C19H15NO/c1-19(2)15-10-6-5-9-14(15)18-13-8-4-3-7-12(13)17(20-21)11-16(18)19/h3-11H,1-2H3. The van der Waals surface area contributed by atoms with Gasteiger partial charge in [-0.15, -0.1) is 4.91 Å². The van der Waals surface area contributed by atoms with Crippen LogP contribution in [0.3, 0.4) is 0 Å². The van der Waals surface area contributed by atoms with E-state index >= 15 is 0 Å². The van der Waals surface area contributed by atoms with Gasteiger partial charge in [0.1, 0.15) is 5.69 Å². The van der Waals surface area contributed by atoms with Gasteiger partial charge in [-0.3, -0.25) is 0 Å². The van der Waals surface area contributed by atoms with E-state index in [0.717, 1.165) is 10.8 Å². The Kier molecular flexibility index (Phi) is 2.35. The van der Waals surface area contributed by atoms with E-state index in [-0.39, 0.29) is 5.41 Å². The van der Waals surface area contributed by atoms with Gasteiger partial charge in [-0.25, -0.2) is 0 Å². The second-order valence-corrected chi connectivity index (χ2v) is 6.13. The third-order valence-corrected chi connectivity index (χ3v) is 4.66. The van der Waals surface area contributed by atoms with Crippen molar-refractivity contribution in [2.75, 3.05) is 0 Å². The lowest BCUT2D eigenvalue weighted by Gasteiger charge is -2.21. The molecule has 1 aliphatic carbocycles. The van der Waals surface area contributed by atoms with Crippen molar-refractivity contribution in [3.63, 3.8) is 0 Å². The maximum absolute atomic E-state index is 11.3. The minimum Gasteiger partial charge on any atom is -0.145 e. The van der Waals surface area contributed by atoms with Gasteiger partial charge in [0.2, 0.25) is 0 Å². The number of hydrogen-bond acceptors (Lipinski definition) is 2. The van der Waals surface area contributed by atoms with Crippen LogP contribution >= 0.6 is 0 Å². The third kappa shape index (κ3) is 1.47. The first-order valence-corrected chi connectivity index (χ1v) is 7.14. The van der Waals surface area contributed by atoms with Crippen LogP contribution < -0.4 is 0 Å². The first-order chi connectivity index (χ1) is 10.1. The molecule has 0 N–H and O–H groups in total. The van der Waals surface area contributed by atoms with E-state index in [1.54, 1.807) is 0 Å². The summed E-state index contributed by atoms with van der Waals surface area (Å²) in [6.45, 7) is 4.42. The van der Waals surface area contributed by atoms with Crippen LogP contribution in [0.4, 0.5) is 5.69 Å². The summed E-state index contributed by atoms with van der Waals surface area (Å²) in [5.74, 6) is 0. The molecular formula is C19H15NO. The maximum Gasteiger partial charge on any atom is 0.116 e. The van der Waals surface area contributed by atoms with E-state index in [4.69, 9.17) is 0 Å². The van der Waals surface area contributed by atoms with E-state index in [9.17, 15) is 4.91 Å². The van der Waals surface area contributed by atoms with Crippen molar-refractivity contribution in [2.45, 2.75) is 19.3 Å². The summed E-state index contributed by atoms with van der Waals surface area (Å²) in [4.78, 5) is 11.3. The Bertz CT molecular complexity index is 893. The minimum absolute atomic E-state index is 0.102. The molecule has 102 valence electrons. The van der Waals surface area contributed by atoms with E-state index in [1.165, 1.54) is 22.3 Å². The van der Waals surface area contributed by atoms with Gasteiger partial charge < -0.3 is 0 Å². The van der Waals surface area contributed by atoms with Crippen LogP contribution in [0.25, 0.3) is 21.9 Å². The predicted molar refractivity (Wildman–Crippen MR) is 87.0 cm³/mol. The van der Waals surface area contributed by atoms with E-state index in [1.807, 2.05) is 24.3 Å². The Balaban J connectivity index is 2.25. The molecule has 0 saturated carbocycles. The molecule has 2 nitrogen and oxygen atoms in total. The molecule has 2 heteroatoms. The summed E-state index contributed by atoms with van der Waals surface area (Å²) in [6.07, 6.45) is 0. The first-order valence-electron chi connectivity index (χ1n) is 7.14. The fraction of sp³-hybridized carbons (Fsp3) is 0.158. The topological polar surface area (TPSA) is 29.4 Å². The van der Waals surface area contributed by atoms with Gasteiger partial charge in [0.15, 0.2) is 0 Å². The molecule has 4 rings (SSSR count). The van der Waals surface area contributed by atoms with Crippen molar-refractivity contribution in [1.29, 1.82) is 0 Å². The summed E-state index contributed by atoms with van der Waals surface area (Å²) in [5, 5.41) is 5.30. The second-order valence-electron chi connectivity index (χ2n) is 6.13. The molecule has 0 spiro atoms. The van der Waals surface area contributed by atoms with Crippen molar-refractivity contribution in [3.05, 3.63) is 70.6 Å². The number of hydrogen-bond donors (Lipinski definition) is 0. The van der Waals surface area contributed by atoms with E-state index < -0.39 is 0 Å². The molecule has 0 fully saturated rings. The summed E-state index contributed by atoms with van der Waals surface area (Å²) < 4.78 is 0. The average molecular weight is 273 g/mol. The highest BCUT2D eigenvalue weighted by molar-refractivity contribution is 6.07. The molecule has 0 bridgehead atoms. The zero-order valence-corrected chi connectivity index (χ0v) is 12.1. The van der Waals surface area contributed by atoms with Crippen molar-refractivity contribution >= 4 is 16.5 Å². The van der Waals surface area contributed by atoms with Crippen LogP contribution in [0.15, 0.2) is 59.8 Å². The van der Waals surface area contributed by atoms with Crippen LogP contribution in [0.5, 0.6) is 0 Å². The summed E-state index contributed by atoms with van der Waals surface area (Å²) in [6, 6.07) is 18.5. The Labute approximate surface area is 123 Å². The van der Waals surface area contributed by atoms with Gasteiger partial charge in [0, 0.05) is 10.8 Å². The van der Waals surface area contributed by atoms with Crippen molar-refractivity contribution in [1.82, 2.24) is 0 Å². The van der Waals surface area contributed by atoms with Crippen molar-refractivity contribution in [2.24, 2.45) is 5.18 Å². The second kappa shape index (κ2) is 4.01. The van der Waals surface area contributed by atoms with Crippen LogP contribution in [0.2, 0.25) is 0 Å². The molecule has 0 unspecified atom stereocenters. The van der Waals surface area contributed by atoms with Crippen LogP contribution in [-0.2, 0) is 5.41 Å². The van der Waals surface area contributed by atoms with E-state index in [0.29, 0.717) is 5.69 Å². The normalized spacial score (nSPS) is 14.8. The van der Waals surface area contributed by atoms with Crippen molar-refractivity contribution in [3.8, 4) is 11.1 Å². The highest BCUT2D eigenvalue weighted by Crippen LogP contribution is 2.52. The highest BCUT2D eigenvalue weighted by Gasteiger charge is 2.36. The van der Waals surface area contributed by atoms with E-state index in [2.05, 4.69) is 49.4 Å². The molecule has 0 amide bonds. The Hall–Kier alpha value is -2.48. The number of rotatable bonds is 1. The Morgan fingerprint density at radius 2 is 1.52 bits per heavy atom. The first kappa shape index (κ1) is 12.3. The van der Waals surface area contributed by atoms with Crippen molar-refractivity contribution < 1.29 is 0 Å². The smallest absolute Gasteiger partial charge is 0.116 e. The number of benzene rings is 3. The lowest BCUT2D eigenvalue weighted by Crippen LogP contribution is -2.14. The molecule has 0 aromatic heterocycles. The van der Waals surface area contributed by atoms with Crippen LogP contribution in [-0.4, -0.2) is 0 Å². The monoisotopic (exact) mass is 273 g/mol. The average Bonchev–Trinajstić information content (AvgIpc) is 2.75. The molecular weight excluding hydrogens is 258 g/mol. The summed E-state index contributed by atoms with van der Waals surface area (Å²) in [5.41, 5.74) is 5.45. The third-order valence-electron chi connectivity index (χ3n) is 4.66. The zero-order valence-electron chi connectivity index (χ0n) is 12.1. The van der Waals surface area contributed by atoms with Gasteiger partial charge in [-0.2, -0.15) is 0 Å². The molecule has 21 heavy (non-hydrogen) atoms. The summed E-state index contributed by atoms with van der Waals surface area (Å²) in [7, 11) is 0. The molecule has 0 heterocycles. The number of fused-ring (bicyclic) bond motifs is 5. The van der Waals surface area contributed by atoms with Crippen LogP contribution in [0, 0.1) is 4.91 Å². The molecule has 0 aliphatic heterocycles. The highest BCUT2D eigenvalue weighted by atomic mass is 16.3. The van der Waals surface area contributed by atoms with Gasteiger partial charge in [0.05, 0.1) is 0 Å². The number of nitrogens with zero attached hydrogens (tertiary/aromatic N) is 1. The summed E-state index contributed by atoms with van der Waals surface area (Å²) >= 11 is 0. The van der Waals surface area contributed by atoms with Gasteiger partial charge >= 0.3 is 0 Å². The SMILES string of the molecule is CC1(C)c2ccccc2-c2c1cc(N=O)c1ccccc21. The zero-order chi connectivity index (χ0) is 14.6. The van der Waals surface area contributed by atoms with Gasteiger partial charge in [-0.1, -0.05) is 62.4 Å². The van der Waals surface area contributed by atoms with Gasteiger partial charge in [-0.05, 0) is 38.9 Å². The van der Waals surface area contributed by atoms with Crippen LogP contribution in [0.1, 0.15) is 25.0 Å².